The first-order valence-corrected chi connectivity index (χ1v) is 9.14. The van der Waals surface area contributed by atoms with Crippen molar-refractivity contribution < 1.29 is 9.90 Å². The van der Waals surface area contributed by atoms with Gasteiger partial charge in [-0.2, -0.15) is 5.10 Å². The first-order valence-electron chi connectivity index (χ1n) is 9.14. The zero-order valence-corrected chi connectivity index (χ0v) is 16.3. The molecule has 0 bridgehead atoms. The number of H-pyrrole nitrogens is 1. The molecule has 0 saturated carbocycles. The number of fused-ring (bicyclic) bond motifs is 1. The van der Waals surface area contributed by atoms with E-state index in [4.69, 9.17) is 0 Å². The molecule has 3 N–H and O–H groups in total. The van der Waals surface area contributed by atoms with Gasteiger partial charge in [0.25, 0.3) is 11.5 Å². The summed E-state index contributed by atoms with van der Waals surface area (Å²) in [4.78, 5) is 28.1. The van der Waals surface area contributed by atoms with Crippen LogP contribution >= 0.6 is 0 Å². The molecule has 2 heterocycles. The number of nitrogens with zero attached hydrogens (tertiary/aromatic N) is 2. The van der Waals surface area contributed by atoms with E-state index in [0.29, 0.717) is 11.3 Å². The SMILES string of the molecule is Cc1cccc(-n2ncc3c(O)c(C(=O)Nc4ccc(C)cc4C)c(=O)[nH]c32)c1. The number of aromatic nitrogens is 3. The number of amides is 1. The summed E-state index contributed by atoms with van der Waals surface area (Å²) in [5.74, 6) is -1.08. The van der Waals surface area contributed by atoms with Gasteiger partial charge in [-0.25, -0.2) is 4.68 Å². The van der Waals surface area contributed by atoms with Crippen LogP contribution in [0.2, 0.25) is 0 Å². The Morgan fingerprint density at radius 2 is 1.86 bits per heavy atom. The quantitative estimate of drug-likeness (QED) is 0.499. The van der Waals surface area contributed by atoms with Crippen LogP contribution in [-0.2, 0) is 0 Å². The minimum atomic E-state index is -0.688. The number of aryl methyl sites for hydroxylation is 3. The molecule has 0 saturated heterocycles. The Morgan fingerprint density at radius 1 is 1.10 bits per heavy atom. The van der Waals surface area contributed by atoms with Gasteiger partial charge >= 0.3 is 0 Å². The van der Waals surface area contributed by atoms with Crippen LogP contribution in [0.5, 0.6) is 5.75 Å². The Labute approximate surface area is 166 Å². The molecule has 0 fully saturated rings. The number of carbonyl (C=O) groups is 1. The van der Waals surface area contributed by atoms with Crippen molar-refractivity contribution in [2.45, 2.75) is 20.8 Å². The molecule has 0 unspecified atom stereocenters. The summed E-state index contributed by atoms with van der Waals surface area (Å²) in [7, 11) is 0. The highest BCUT2D eigenvalue weighted by Crippen LogP contribution is 2.27. The highest BCUT2D eigenvalue weighted by molar-refractivity contribution is 6.09. The standard InChI is InChI=1S/C22H20N4O3/c1-12-5-4-6-15(10-12)26-20-16(11-23-26)19(27)18(22(29)25-20)21(28)24-17-8-7-13(2)9-14(17)3/h4-11H,1-3H3,(H,24,28)(H2,25,27,29). The lowest BCUT2D eigenvalue weighted by atomic mass is 10.1. The van der Waals surface area contributed by atoms with Crippen molar-refractivity contribution in [3.8, 4) is 11.4 Å². The van der Waals surface area contributed by atoms with Crippen LogP contribution in [0, 0.1) is 20.8 Å². The van der Waals surface area contributed by atoms with Gasteiger partial charge in [0.15, 0.2) is 0 Å². The zero-order chi connectivity index (χ0) is 20.7. The van der Waals surface area contributed by atoms with Crippen LogP contribution in [0.15, 0.2) is 53.5 Å². The minimum absolute atomic E-state index is 0.289. The van der Waals surface area contributed by atoms with Crippen molar-refractivity contribution in [1.29, 1.82) is 0 Å². The minimum Gasteiger partial charge on any atom is -0.506 e. The third kappa shape index (κ3) is 3.27. The molecule has 7 nitrogen and oxygen atoms in total. The van der Waals surface area contributed by atoms with E-state index in [0.717, 1.165) is 22.4 Å². The molecule has 0 aliphatic rings. The van der Waals surface area contributed by atoms with E-state index in [1.807, 2.05) is 57.2 Å². The van der Waals surface area contributed by atoms with Gasteiger partial charge in [-0.05, 0) is 50.1 Å². The van der Waals surface area contributed by atoms with E-state index in [1.165, 1.54) is 10.9 Å². The Morgan fingerprint density at radius 3 is 2.59 bits per heavy atom. The lowest BCUT2D eigenvalue weighted by Crippen LogP contribution is -2.24. The summed E-state index contributed by atoms with van der Waals surface area (Å²) in [5, 5.41) is 17.9. The second kappa shape index (κ2) is 6.94. The van der Waals surface area contributed by atoms with Crippen molar-refractivity contribution in [3.05, 3.63) is 81.3 Å². The van der Waals surface area contributed by atoms with Gasteiger partial charge in [0.2, 0.25) is 0 Å². The van der Waals surface area contributed by atoms with Crippen molar-refractivity contribution >= 4 is 22.6 Å². The molecular formula is C22H20N4O3. The highest BCUT2D eigenvalue weighted by Gasteiger charge is 2.22. The Hall–Kier alpha value is -3.87. The number of aromatic amines is 1. The molecule has 146 valence electrons. The lowest BCUT2D eigenvalue weighted by Gasteiger charge is -2.10. The van der Waals surface area contributed by atoms with E-state index in [2.05, 4.69) is 15.4 Å². The fraction of sp³-hybridized carbons (Fsp3) is 0.136. The summed E-state index contributed by atoms with van der Waals surface area (Å²) < 4.78 is 1.52. The number of carbonyl (C=O) groups excluding carboxylic acids is 1. The van der Waals surface area contributed by atoms with Gasteiger partial charge in [0.1, 0.15) is 17.0 Å². The smallest absolute Gasteiger partial charge is 0.266 e. The van der Waals surface area contributed by atoms with Gasteiger partial charge in [-0.1, -0.05) is 29.8 Å². The molecule has 4 aromatic rings. The van der Waals surface area contributed by atoms with Gasteiger partial charge in [0.05, 0.1) is 17.3 Å². The fourth-order valence-electron chi connectivity index (χ4n) is 3.36. The molecule has 2 aromatic heterocycles. The highest BCUT2D eigenvalue weighted by atomic mass is 16.3. The maximum Gasteiger partial charge on any atom is 0.266 e. The van der Waals surface area contributed by atoms with E-state index in [9.17, 15) is 14.7 Å². The normalized spacial score (nSPS) is 11.0. The first-order chi connectivity index (χ1) is 13.8. The molecule has 0 aliphatic carbocycles. The van der Waals surface area contributed by atoms with Crippen LogP contribution in [0.3, 0.4) is 0 Å². The third-order valence-corrected chi connectivity index (χ3v) is 4.82. The number of hydrogen-bond acceptors (Lipinski definition) is 4. The molecule has 2 aromatic carbocycles. The third-order valence-electron chi connectivity index (χ3n) is 4.82. The number of aromatic hydroxyl groups is 1. The predicted molar refractivity (Wildman–Crippen MR) is 112 cm³/mol. The van der Waals surface area contributed by atoms with Crippen molar-refractivity contribution in [2.75, 3.05) is 5.32 Å². The number of benzene rings is 2. The number of pyridine rings is 1. The average molecular weight is 388 g/mol. The van der Waals surface area contributed by atoms with Gasteiger partial charge < -0.3 is 15.4 Å². The lowest BCUT2D eigenvalue weighted by molar-refractivity contribution is 0.102. The predicted octanol–water partition coefficient (Wildman–Crippen LogP) is 3.60. The van der Waals surface area contributed by atoms with Crippen molar-refractivity contribution in [3.63, 3.8) is 0 Å². The number of nitrogens with one attached hydrogen (secondary N) is 2. The Kier molecular flexibility index (Phi) is 4.43. The van der Waals surface area contributed by atoms with Gasteiger partial charge in [-0.15, -0.1) is 0 Å². The van der Waals surface area contributed by atoms with Crippen LogP contribution in [0.1, 0.15) is 27.0 Å². The maximum absolute atomic E-state index is 12.7. The van der Waals surface area contributed by atoms with E-state index >= 15 is 0 Å². The Balaban J connectivity index is 1.78. The molecule has 7 heteroatoms. The van der Waals surface area contributed by atoms with Crippen LogP contribution in [-0.4, -0.2) is 25.8 Å². The largest absolute Gasteiger partial charge is 0.506 e. The summed E-state index contributed by atoms with van der Waals surface area (Å²) in [6, 6.07) is 13.1. The molecule has 29 heavy (non-hydrogen) atoms. The molecule has 4 rings (SSSR count). The average Bonchev–Trinajstić information content (AvgIpc) is 3.08. The summed E-state index contributed by atoms with van der Waals surface area (Å²) in [5.41, 5.74) is 3.56. The summed E-state index contributed by atoms with van der Waals surface area (Å²) in [6.07, 6.45) is 1.43. The van der Waals surface area contributed by atoms with Crippen molar-refractivity contribution in [2.24, 2.45) is 0 Å². The van der Waals surface area contributed by atoms with Gasteiger partial charge in [-0.3, -0.25) is 9.59 Å². The molecule has 0 aliphatic heterocycles. The number of rotatable bonds is 3. The maximum atomic E-state index is 12.7. The van der Waals surface area contributed by atoms with Crippen LogP contribution in [0.25, 0.3) is 16.7 Å². The zero-order valence-electron chi connectivity index (χ0n) is 16.3. The second-order valence-corrected chi connectivity index (χ2v) is 7.11. The number of anilines is 1. The van der Waals surface area contributed by atoms with Gasteiger partial charge in [0, 0.05) is 5.69 Å². The molecular weight excluding hydrogens is 368 g/mol. The van der Waals surface area contributed by atoms with Crippen molar-refractivity contribution in [1.82, 2.24) is 14.8 Å². The molecule has 1 amide bonds. The monoisotopic (exact) mass is 388 g/mol. The van der Waals surface area contributed by atoms with Crippen LogP contribution in [0.4, 0.5) is 5.69 Å². The summed E-state index contributed by atoms with van der Waals surface area (Å²) in [6.45, 7) is 5.77. The molecule has 0 radical (unpaired) electrons. The molecule has 0 atom stereocenters. The van der Waals surface area contributed by atoms with E-state index < -0.39 is 17.2 Å². The first kappa shape index (κ1) is 18.5. The Bertz CT molecular complexity index is 1320. The van der Waals surface area contributed by atoms with E-state index in [1.54, 1.807) is 6.07 Å². The topological polar surface area (TPSA) is 100 Å². The summed E-state index contributed by atoms with van der Waals surface area (Å²) >= 11 is 0. The molecule has 0 spiro atoms. The van der Waals surface area contributed by atoms with Crippen LogP contribution < -0.4 is 10.9 Å². The fourth-order valence-corrected chi connectivity index (χ4v) is 3.36. The van der Waals surface area contributed by atoms with E-state index in [-0.39, 0.29) is 10.9 Å². The second-order valence-electron chi connectivity index (χ2n) is 7.11. The number of hydrogen-bond donors (Lipinski definition) is 3.